The molecule has 4 heteroatoms. The normalized spacial score (nSPS) is 12.8. The van der Waals surface area contributed by atoms with Crippen molar-refractivity contribution in [1.82, 2.24) is 10.3 Å². The number of rotatable bonds is 6. The van der Waals surface area contributed by atoms with Crippen LogP contribution in [0, 0.1) is 0 Å². The minimum atomic E-state index is -0.0224. The summed E-state index contributed by atoms with van der Waals surface area (Å²) in [6, 6.07) is 9.99. The number of nitrogens with zero attached hydrogens (tertiary/aromatic N) is 1. The summed E-state index contributed by atoms with van der Waals surface area (Å²) in [5.74, 6) is 0.474. The lowest BCUT2D eigenvalue weighted by Crippen LogP contribution is -2.23. The van der Waals surface area contributed by atoms with Crippen molar-refractivity contribution in [3.63, 3.8) is 0 Å². The predicted molar refractivity (Wildman–Crippen MR) is 79.3 cm³/mol. The van der Waals surface area contributed by atoms with Crippen molar-refractivity contribution < 1.29 is 5.11 Å². The third-order valence-corrected chi connectivity index (χ3v) is 4.27. The molecule has 19 heavy (non-hydrogen) atoms. The van der Waals surface area contributed by atoms with Crippen LogP contribution in [0.1, 0.15) is 41.3 Å². The van der Waals surface area contributed by atoms with Crippen LogP contribution in [0.3, 0.4) is 0 Å². The first kappa shape index (κ1) is 14.2. The highest BCUT2D eigenvalue weighted by molar-refractivity contribution is 7.11. The van der Waals surface area contributed by atoms with Crippen LogP contribution in [-0.2, 0) is 6.54 Å². The average molecular weight is 276 g/mol. The molecular formula is C15H20N2OS. The summed E-state index contributed by atoms with van der Waals surface area (Å²) in [7, 11) is 0. The average Bonchev–Trinajstić information content (AvgIpc) is 2.90. The molecule has 2 N–H and O–H groups in total. The summed E-state index contributed by atoms with van der Waals surface area (Å²) in [5.41, 5.74) is 1.11. The molecule has 1 aromatic carbocycles. The van der Waals surface area contributed by atoms with Crippen molar-refractivity contribution in [3.8, 4) is 0 Å². The minimum absolute atomic E-state index is 0.0224. The zero-order valence-corrected chi connectivity index (χ0v) is 12.2. The highest BCUT2D eigenvalue weighted by atomic mass is 32.1. The van der Waals surface area contributed by atoms with Gasteiger partial charge >= 0.3 is 0 Å². The molecule has 3 nitrogen and oxygen atoms in total. The lowest BCUT2D eigenvalue weighted by Gasteiger charge is -2.15. The first-order valence-electron chi connectivity index (χ1n) is 6.54. The van der Waals surface area contributed by atoms with E-state index in [9.17, 15) is 5.11 Å². The van der Waals surface area contributed by atoms with E-state index >= 15 is 0 Å². The highest BCUT2D eigenvalue weighted by Crippen LogP contribution is 2.21. The Morgan fingerprint density at radius 1 is 1.26 bits per heavy atom. The van der Waals surface area contributed by atoms with Gasteiger partial charge in [-0.05, 0) is 5.56 Å². The van der Waals surface area contributed by atoms with E-state index in [1.54, 1.807) is 11.3 Å². The van der Waals surface area contributed by atoms with E-state index in [4.69, 9.17) is 0 Å². The van der Waals surface area contributed by atoms with Gasteiger partial charge in [0.1, 0.15) is 0 Å². The third-order valence-electron chi connectivity index (χ3n) is 2.97. The molecule has 2 rings (SSSR count). The molecule has 0 saturated carbocycles. The van der Waals surface area contributed by atoms with E-state index in [2.05, 4.69) is 24.1 Å². The number of hydrogen-bond acceptors (Lipinski definition) is 4. The number of nitrogens with one attached hydrogen (secondary N) is 1. The van der Waals surface area contributed by atoms with Gasteiger partial charge in [0.2, 0.25) is 0 Å². The second-order valence-corrected chi connectivity index (χ2v) is 5.99. The van der Waals surface area contributed by atoms with Gasteiger partial charge in [-0.2, -0.15) is 0 Å². The van der Waals surface area contributed by atoms with Gasteiger partial charge < -0.3 is 10.4 Å². The fourth-order valence-corrected chi connectivity index (χ4v) is 2.74. The maximum atomic E-state index is 9.48. The molecule has 0 bridgehead atoms. The van der Waals surface area contributed by atoms with Crippen LogP contribution in [0.5, 0.6) is 0 Å². The molecular weight excluding hydrogens is 256 g/mol. The molecule has 0 aliphatic carbocycles. The summed E-state index contributed by atoms with van der Waals surface area (Å²) in [6.07, 6.45) is 1.92. The first-order chi connectivity index (χ1) is 9.20. The lowest BCUT2D eigenvalue weighted by atomic mass is 10.1. The molecule has 1 heterocycles. The molecule has 0 aliphatic rings. The minimum Gasteiger partial charge on any atom is -0.394 e. The second kappa shape index (κ2) is 6.80. The van der Waals surface area contributed by atoms with E-state index in [-0.39, 0.29) is 12.6 Å². The Morgan fingerprint density at radius 2 is 2.00 bits per heavy atom. The van der Waals surface area contributed by atoms with E-state index < -0.39 is 0 Å². The van der Waals surface area contributed by atoms with E-state index in [1.165, 1.54) is 4.88 Å². The van der Waals surface area contributed by atoms with Crippen LogP contribution in [-0.4, -0.2) is 16.7 Å². The van der Waals surface area contributed by atoms with Gasteiger partial charge in [-0.25, -0.2) is 4.98 Å². The number of hydrogen-bond donors (Lipinski definition) is 2. The third kappa shape index (κ3) is 3.86. The summed E-state index contributed by atoms with van der Waals surface area (Å²) in [5, 5.41) is 14.0. The number of aliphatic hydroxyl groups is 1. The Morgan fingerprint density at radius 3 is 2.58 bits per heavy atom. The van der Waals surface area contributed by atoms with Crippen molar-refractivity contribution in [2.75, 3.05) is 6.61 Å². The Labute approximate surface area is 118 Å². The van der Waals surface area contributed by atoms with Gasteiger partial charge in [-0.3, -0.25) is 0 Å². The zero-order chi connectivity index (χ0) is 13.7. The molecule has 0 radical (unpaired) electrons. The highest BCUT2D eigenvalue weighted by Gasteiger charge is 2.11. The van der Waals surface area contributed by atoms with Gasteiger partial charge in [0.25, 0.3) is 0 Å². The Balaban J connectivity index is 1.96. The zero-order valence-electron chi connectivity index (χ0n) is 11.3. The fraction of sp³-hybridized carbons (Fsp3) is 0.400. The summed E-state index contributed by atoms with van der Waals surface area (Å²) in [6.45, 7) is 5.14. The smallest absolute Gasteiger partial charge is 0.0953 e. The Bertz CT molecular complexity index is 496. The van der Waals surface area contributed by atoms with Crippen molar-refractivity contribution in [1.29, 1.82) is 0 Å². The van der Waals surface area contributed by atoms with Crippen LogP contribution in [0.4, 0.5) is 0 Å². The van der Waals surface area contributed by atoms with Gasteiger partial charge in [-0.15, -0.1) is 11.3 Å². The number of thiazole rings is 1. The fourth-order valence-electron chi connectivity index (χ4n) is 1.87. The van der Waals surface area contributed by atoms with E-state index in [0.717, 1.165) is 17.1 Å². The summed E-state index contributed by atoms with van der Waals surface area (Å²) < 4.78 is 0. The van der Waals surface area contributed by atoms with Gasteiger partial charge in [0.15, 0.2) is 0 Å². The van der Waals surface area contributed by atoms with Crippen LogP contribution >= 0.6 is 11.3 Å². The van der Waals surface area contributed by atoms with Crippen LogP contribution in [0.25, 0.3) is 0 Å². The molecule has 2 aromatic rings. The van der Waals surface area contributed by atoms with Gasteiger partial charge in [-0.1, -0.05) is 44.2 Å². The van der Waals surface area contributed by atoms with Gasteiger partial charge in [0, 0.05) is 23.5 Å². The molecule has 1 atom stereocenters. The molecule has 1 aromatic heterocycles. The van der Waals surface area contributed by atoms with Crippen LogP contribution in [0.15, 0.2) is 36.5 Å². The van der Waals surface area contributed by atoms with E-state index in [1.807, 2.05) is 36.5 Å². The molecule has 0 fully saturated rings. The van der Waals surface area contributed by atoms with Crippen molar-refractivity contribution in [3.05, 3.63) is 52.0 Å². The molecule has 0 aliphatic heterocycles. The largest absolute Gasteiger partial charge is 0.394 e. The lowest BCUT2D eigenvalue weighted by molar-refractivity contribution is 0.244. The summed E-state index contributed by atoms with van der Waals surface area (Å²) in [4.78, 5) is 5.61. The number of aliphatic hydroxyl groups excluding tert-OH is 1. The van der Waals surface area contributed by atoms with E-state index in [0.29, 0.717) is 5.92 Å². The molecule has 0 amide bonds. The monoisotopic (exact) mass is 276 g/mol. The number of aromatic nitrogens is 1. The number of benzene rings is 1. The topological polar surface area (TPSA) is 45.2 Å². The molecule has 0 spiro atoms. The second-order valence-electron chi connectivity index (χ2n) is 4.85. The first-order valence-corrected chi connectivity index (χ1v) is 7.36. The van der Waals surface area contributed by atoms with Crippen molar-refractivity contribution >= 4 is 11.3 Å². The maximum absolute atomic E-state index is 9.48. The SMILES string of the molecule is CC(C)c1ncc(CN[C@H](CO)c2ccccc2)s1. The van der Waals surface area contributed by atoms with Crippen LogP contribution in [0.2, 0.25) is 0 Å². The Hall–Kier alpha value is -1.23. The standard InChI is InChI=1S/C15H20N2OS/c1-11(2)15-17-9-13(19-15)8-16-14(10-18)12-6-4-3-5-7-12/h3-7,9,11,14,16,18H,8,10H2,1-2H3/t14-/m1/s1. The Kier molecular flexibility index (Phi) is 5.07. The van der Waals surface area contributed by atoms with Crippen LogP contribution < -0.4 is 5.32 Å². The molecule has 0 unspecified atom stereocenters. The van der Waals surface area contributed by atoms with Crippen molar-refractivity contribution in [2.24, 2.45) is 0 Å². The molecule has 102 valence electrons. The van der Waals surface area contributed by atoms with Crippen molar-refractivity contribution in [2.45, 2.75) is 32.4 Å². The predicted octanol–water partition coefficient (Wildman–Crippen LogP) is 3.09. The molecule has 0 saturated heterocycles. The quantitative estimate of drug-likeness (QED) is 0.852. The van der Waals surface area contributed by atoms with Gasteiger partial charge in [0.05, 0.1) is 17.7 Å². The maximum Gasteiger partial charge on any atom is 0.0953 e. The summed E-state index contributed by atoms with van der Waals surface area (Å²) >= 11 is 1.73.